The van der Waals surface area contributed by atoms with E-state index in [4.69, 9.17) is 23.2 Å². The second-order valence-corrected chi connectivity index (χ2v) is 5.10. The van der Waals surface area contributed by atoms with Gasteiger partial charge in [-0.25, -0.2) is 4.79 Å². The fourth-order valence-electron chi connectivity index (χ4n) is 1.78. The maximum absolute atomic E-state index is 12.1. The minimum absolute atomic E-state index is 0.232. The zero-order valence-electron chi connectivity index (χ0n) is 10.7. The summed E-state index contributed by atoms with van der Waals surface area (Å²) in [5.41, 5.74) is 0.727. The van der Waals surface area contributed by atoms with Crippen molar-refractivity contribution in [3.05, 3.63) is 69.7 Å². The van der Waals surface area contributed by atoms with Gasteiger partial charge >= 0.3 is 5.97 Å². The molecule has 2 aromatic carbocycles. The van der Waals surface area contributed by atoms with Crippen molar-refractivity contribution < 1.29 is 14.7 Å². The molecule has 1 atom stereocenters. The van der Waals surface area contributed by atoms with Gasteiger partial charge in [0.1, 0.15) is 0 Å². The Hall–Kier alpha value is -2.04. The fourth-order valence-corrected chi connectivity index (χ4v) is 2.08. The Morgan fingerprint density at radius 3 is 2.24 bits per heavy atom. The Kier molecular flexibility index (Phi) is 4.83. The van der Waals surface area contributed by atoms with Gasteiger partial charge in [0, 0.05) is 5.56 Å². The van der Waals surface area contributed by atoms with Gasteiger partial charge < -0.3 is 10.4 Å². The molecule has 1 amide bonds. The van der Waals surface area contributed by atoms with Gasteiger partial charge in [-0.15, -0.1) is 0 Å². The summed E-state index contributed by atoms with van der Waals surface area (Å²) in [6.45, 7) is 0. The summed E-state index contributed by atoms with van der Waals surface area (Å²) in [6, 6.07) is 11.7. The molecule has 0 fully saturated rings. The van der Waals surface area contributed by atoms with E-state index < -0.39 is 17.9 Å². The smallest absolute Gasteiger partial charge is 0.330 e. The van der Waals surface area contributed by atoms with Gasteiger partial charge in [0.15, 0.2) is 6.04 Å². The third kappa shape index (κ3) is 3.74. The topological polar surface area (TPSA) is 66.4 Å². The summed E-state index contributed by atoms with van der Waals surface area (Å²) in [5.74, 6) is -1.68. The molecule has 6 heteroatoms. The van der Waals surface area contributed by atoms with E-state index in [1.54, 1.807) is 30.3 Å². The maximum Gasteiger partial charge on any atom is 0.330 e. The van der Waals surface area contributed by atoms with Crippen LogP contribution < -0.4 is 5.32 Å². The highest BCUT2D eigenvalue weighted by atomic mass is 35.5. The highest BCUT2D eigenvalue weighted by molar-refractivity contribution is 6.42. The number of aliphatic carboxylic acids is 1. The minimum Gasteiger partial charge on any atom is -0.479 e. The SMILES string of the molecule is O=C(NC(C(=O)O)c1ccccc1)c1ccc(Cl)c(Cl)c1. The zero-order chi connectivity index (χ0) is 15.4. The zero-order valence-corrected chi connectivity index (χ0v) is 12.2. The van der Waals surface area contributed by atoms with E-state index in [0.29, 0.717) is 10.6 Å². The van der Waals surface area contributed by atoms with Gasteiger partial charge in [-0.2, -0.15) is 0 Å². The van der Waals surface area contributed by atoms with Crippen molar-refractivity contribution in [2.75, 3.05) is 0 Å². The van der Waals surface area contributed by atoms with E-state index in [1.165, 1.54) is 18.2 Å². The van der Waals surface area contributed by atoms with Crippen LogP contribution >= 0.6 is 23.2 Å². The number of halogens is 2. The number of benzene rings is 2. The summed E-state index contributed by atoms with van der Waals surface area (Å²) < 4.78 is 0. The Labute approximate surface area is 131 Å². The molecule has 21 heavy (non-hydrogen) atoms. The van der Waals surface area contributed by atoms with Gasteiger partial charge in [-0.3, -0.25) is 4.79 Å². The van der Waals surface area contributed by atoms with E-state index in [1.807, 2.05) is 0 Å². The average Bonchev–Trinajstić information content (AvgIpc) is 2.48. The fraction of sp³-hybridized carbons (Fsp3) is 0.0667. The molecule has 0 saturated carbocycles. The lowest BCUT2D eigenvalue weighted by Gasteiger charge is -2.15. The largest absolute Gasteiger partial charge is 0.479 e. The normalized spacial score (nSPS) is 11.7. The molecular formula is C15H11Cl2NO3. The number of carboxylic acids is 1. The van der Waals surface area contributed by atoms with Crippen LogP contribution in [0, 0.1) is 0 Å². The molecule has 2 rings (SSSR count). The molecule has 2 N–H and O–H groups in total. The molecule has 0 spiro atoms. The first-order chi connectivity index (χ1) is 9.99. The van der Waals surface area contributed by atoms with Gasteiger partial charge in [0.2, 0.25) is 0 Å². The number of carboxylic acid groups (broad SMARTS) is 1. The number of nitrogens with one attached hydrogen (secondary N) is 1. The highest BCUT2D eigenvalue weighted by Crippen LogP contribution is 2.23. The van der Waals surface area contributed by atoms with Crippen LogP contribution in [0.1, 0.15) is 22.0 Å². The predicted molar refractivity (Wildman–Crippen MR) is 80.7 cm³/mol. The molecule has 1 unspecified atom stereocenters. The second kappa shape index (κ2) is 6.61. The molecule has 0 radical (unpaired) electrons. The molecule has 108 valence electrons. The van der Waals surface area contributed by atoms with E-state index in [9.17, 15) is 14.7 Å². The van der Waals surface area contributed by atoms with Crippen molar-refractivity contribution in [1.82, 2.24) is 5.32 Å². The molecule has 2 aromatic rings. The number of amides is 1. The monoisotopic (exact) mass is 323 g/mol. The van der Waals surface area contributed by atoms with E-state index in [0.717, 1.165) is 0 Å². The van der Waals surface area contributed by atoms with Crippen molar-refractivity contribution in [1.29, 1.82) is 0 Å². The Morgan fingerprint density at radius 1 is 1.00 bits per heavy atom. The van der Waals surface area contributed by atoms with Crippen LogP contribution in [0.4, 0.5) is 0 Å². The third-order valence-corrected chi connectivity index (χ3v) is 3.58. The number of carbonyl (C=O) groups is 2. The van der Waals surface area contributed by atoms with Gasteiger partial charge in [-0.1, -0.05) is 53.5 Å². The van der Waals surface area contributed by atoms with Crippen LogP contribution in [0.3, 0.4) is 0 Å². The Morgan fingerprint density at radius 2 is 1.67 bits per heavy atom. The molecular weight excluding hydrogens is 313 g/mol. The maximum atomic E-state index is 12.1. The molecule has 0 aliphatic rings. The van der Waals surface area contributed by atoms with Gasteiger partial charge in [-0.05, 0) is 23.8 Å². The molecule has 4 nitrogen and oxygen atoms in total. The molecule has 0 bridgehead atoms. The molecule has 0 aliphatic heterocycles. The summed E-state index contributed by atoms with van der Waals surface area (Å²) in [5, 5.41) is 12.3. The molecule has 0 aromatic heterocycles. The third-order valence-electron chi connectivity index (χ3n) is 2.84. The van der Waals surface area contributed by atoms with Crippen molar-refractivity contribution >= 4 is 35.1 Å². The van der Waals surface area contributed by atoms with Crippen LogP contribution in [0.2, 0.25) is 10.0 Å². The van der Waals surface area contributed by atoms with E-state index >= 15 is 0 Å². The van der Waals surface area contributed by atoms with Crippen LogP contribution in [-0.2, 0) is 4.79 Å². The summed E-state index contributed by atoms with van der Waals surface area (Å²) >= 11 is 11.6. The Balaban J connectivity index is 2.23. The van der Waals surface area contributed by atoms with Crippen molar-refractivity contribution in [2.45, 2.75) is 6.04 Å². The van der Waals surface area contributed by atoms with Crippen LogP contribution in [0.15, 0.2) is 48.5 Å². The van der Waals surface area contributed by atoms with Crippen molar-refractivity contribution in [3.8, 4) is 0 Å². The summed E-state index contributed by atoms with van der Waals surface area (Å²) in [6.07, 6.45) is 0. The van der Waals surface area contributed by atoms with Crippen LogP contribution in [0.5, 0.6) is 0 Å². The lowest BCUT2D eigenvalue weighted by molar-refractivity contribution is -0.139. The predicted octanol–water partition coefficient (Wildman–Crippen LogP) is 3.55. The molecule has 0 heterocycles. The van der Waals surface area contributed by atoms with Crippen LogP contribution in [-0.4, -0.2) is 17.0 Å². The Bertz CT molecular complexity index is 674. The standard InChI is InChI=1S/C15H11Cl2NO3/c16-11-7-6-10(8-12(11)17)14(19)18-13(15(20)21)9-4-2-1-3-5-9/h1-8,13H,(H,18,19)(H,20,21). The number of carbonyl (C=O) groups excluding carboxylic acids is 1. The van der Waals surface area contributed by atoms with Crippen molar-refractivity contribution in [2.24, 2.45) is 0 Å². The second-order valence-electron chi connectivity index (χ2n) is 4.28. The number of hydrogen-bond acceptors (Lipinski definition) is 2. The first-order valence-electron chi connectivity index (χ1n) is 6.02. The van der Waals surface area contributed by atoms with Gasteiger partial charge in [0.05, 0.1) is 10.0 Å². The summed E-state index contributed by atoms with van der Waals surface area (Å²) in [7, 11) is 0. The first-order valence-corrected chi connectivity index (χ1v) is 6.78. The first kappa shape index (κ1) is 15.4. The van der Waals surface area contributed by atoms with Crippen LogP contribution in [0.25, 0.3) is 0 Å². The molecule has 0 aliphatic carbocycles. The van der Waals surface area contributed by atoms with E-state index in [-0.39, 0.29) is 10.6 Å². The highest BCUT2D eigenvalue weighted by Gasteiger charge is 2.22. The van der Waals surface area contributed by atoms with Gasteiger partial charge in [0.25, 0.3) is 5.91 Å². The quantitative estimate of drug-likeness (QED) is 0.904. The lowest BCUT2D eigenvalue weighted by atomic mass is 10.1. The lowest BCUT2D eigenvalue weighted by Crippen LogP contribution is -2.33. The number of rotatable bonds is 4. The summed E-state index contributed by atoms with van der Waals surface area (Å²) in [4.78, 5) is 23.4. The number of hydrogen-bond donors (Lipinski definition) is 2. The minimum atomic E-state index is -1.14. The average molecular weight is 324 g/mol. The van der Waals surface area contributed by atoms with E-state index in [2.05, 4.69) is 5.32 Å². The van der Waals surface area contributed by atoms with Crippen molar-refractivity contribution in [3.63, 3.8) is 0 Å². The molecule has 0 saturated heterocycles.